The van der Waals surface area contributed by atoms with Crippen molar-refractivity contribution in [2.45, 2.75) is 26.4 Å². The zero-order chi connectivity index (χ0) is 21.7. The summed E-state index contributed by atoms with van der Waals surface area (Å²) >= 11 is 0. The number of carbonyl (C=O) groups is 4. The Labute approximate surface area is 173 Å². The van der Waals surface area contributed by atoms with Gasteiger partial charge in [0.2, 0.25) is 0 Å². The second-order valence-electron chi connectivity index (χ2n) is 6.81. The zero-order valence-electron chi connectivity index (χ0n) is 16.7. The summed E-state index contributed by atoms with van der Waals surface area (Å²) in [5.74, 6) is -0.919. The molecule has 0 aromatic heterocycles. The minimum atomic E-state index is -1.04. The molecule has 1 atom stereocenters. The van der Waals surface area contributed by atoms with E-state index in [2.05, 4.69) is 5.32 Å². The summed E-state index contributed by atoms with van der Waals surface area (Å²) in [4.78, 5) is 49.6. The maximum absolute atomic E-state index is 12.3. The highest BCUT2D eigenvalue weighted by Crippen LogP contribution is 2.31. The van der Waals surface area contributed by atoms with Gasteiger partial charge in [0.1, 0.15) is 5.75 Å². The molecule has 2 aromatic carbocycles. The van der Waals surface area contributed by atoms with E-state index in [0.29, 0.717) is 22.7 Å². The Hall–Kier alpha value is -3.68. The SMILES string of the molecule is CC(=O)c1cccc(NC(=O)[C@@H](C)OC(=O)CCN2C(=O)COc3ccccc32)c1. The molecule has 1 N–H and O–H groups in total. The molecular formula is C22H22N2O6. The fraction of sp³-hybridized carbons (Fsp3) is 0.273. The van der Waals surface area contributed by atoms with E-state index in [0.717, 1.165) is 0 Å². The highest BCUT2D eigenvalue weighted by atomic mass is 16.5. The average molecular weight is 410 g/mol. The summed E-state index contributed by atoms with van der Waals surface area (Å²) in [6.45, 7) is 2.91. The highest BCUT2D eigenvalue weighted by Gasteiger charge is 2.26. The monoisotopic (exact) mass is 410 g/mol. The molecule has 3 rings (SSSR count). The van der Waals surface area contributed by atoms with Gasteiger partial charge >= 0.3 is 5.97 Å². The van der Waals surface area contributed by atoms with Crippen molar-refractivity contribution in [3.05, 3.63) is 54.1 Å². The number of Topliss-reactive ketones (excluding diaryl/α,β-unsaturated/α-hetero) is 1. The second kappa shape index (κ2) is 9.21. The lowest BCUT2D eigenvalue weighted by atomic mass is 10.1. The molecule has 156 valence electrons. The highest BCUT2D eigenvalue weighted by molar-refractivity contribution is 5.99. The molecule has 2 aromatic rings. The first-order valence-corrected chi connectivity index (χ1v) is 9.48. The number of rotatable bonds is 7. The van der Waals surface area contributed by atoms with Crippen molar-refractivity contribution >= 4 is 34.9 Å². The number of nitrogens with one attached hydrogen (secondary N) is 1. The molecule has 1 aliphatic rings. The van der Waals surface area contributed by atoms with E-state index < -0.39 is 18.0 Å². The number of fused-ring (bicyclic) bond motifs is 1. The normalized spacial score (nSPS) is 13.7. The maximum atomic E-state index is 12.3. The fourth-order valence-electron chi connectivity index (χ4n) is 2.97. The minimum Gasteiger partial charge on any atom is -0.482 e. The van der Waals surface area contributed by atoms with Crippen molar-refractivity contribution < 1.29 is 28.7 Å². The van der Waals surface area contributed by atoms with Crippen LogP contribution in [-0.2, 0) is 19.1 Å². The second-order valence-corrected chi connectivity index (χ2v) is 6.81. The maximum Gasteiger partial charge on any atom is 0.308 e. The van der Waals surface area contributed by atoms with Crippen LogP contribution in [0, 0.1) is 0 Å². The Morgan fingerprint density at radius 2 is 1.93 bits per heavy atom. The Kier molecular flexibility index (Phi) is 6.46. The van der Waals surface area contributed by atoms with Crippen LogP contribution in [0.15, 0.2) is 48.5 Å². The van der Waals surface area contributed by atoms with Gasteiger partial charge in [0.15, 0.2) is 18.5 Å². The van der Waals surface area contributed by atoms with Gasteiger partial charge in [-0.2, -0.15) is 0 Å². The van der Waals surface area contributed by atoms with Crippen molar-refractivity contribution in [2.24, 2.45) is 0 Å². The minimum absolute atomic E-state index is 0.0719. The summed E-state index contributed by atoms with van der Waals surface area (Å²) in [6.07, 6.45) is -1.11. The quantitative estimate of drug-likeness (QED) is 0.556. The Morgan fingerprint density at radius 3 is 2.70 bits per heavy atom. The van der Waals surface area contributed by atoms with Gasteiger partial charge in [0, 0.05) is 17.8 Å². The molecule has 0 aliphatic carbocycles. The molecule has 0 saturated heterocycles. The van der Waals surface area contributed by atoms with Crippen LogP contribution in [0.5, 0.6) is 5.75 Å². The number of hydrogen-bond acceptors (Lipinski definition) is 6. The number of anilines is 2. The van der Waals surface area contributed by atoms with Crippen molar-refractivity contribution in [1.29, 1.82) is 0 Å². The molecule has 8 nitrogen and oxygen atoms in total. The average Bonchev–Trinajstić information content (AvgIpc) is 2.73. The summed E-state index contributed by atoms with van der Waals surface area (Å²) in [5.41, 5.74) is 1.50. The van der Waals surface area contributed by atoms with E-state index in [9.17, 15) is 19.2 Å². The molecule has 1 heterocycles. The van der Waals surface area contributed by atoms with Crippen LogP contribution in [0.4, 0.5) is 11.4 Å². The Balaban J connectivity index is 1.53. The third kappa shape index (κ3) is 5.02. The van der Waals surface area contributed by atoms with Gasteiger partial charge in [0.25, 0.3) is 11.8 Å². The number of carbonyl (C=O) groups excluding carboxylic acids is 4. The molecule has 2 amide bonds. The molecule has 8 heteroatoms. The van der Waals surface area contributed by atoms with E-state index in [1.165, 1.54) is 18.7 Å². The first-order chi connectivity index (χ1) is 14.3. The molecule has 0 radical (unpaired) electrons. The summed E-state index contributed by atoms with van der Waals surface area (Å²) in [5, 5.41) is 2.62. The lowest BCUT2D eigenvalue weighted by Crippen LogP contribution is -2.40. The number of esters is 1. The van der Waals surface area contributed by atoms with E-state index in [1.54, 1.807) is 48.5 Å². The summed E-state index contributed by atoms with van der Waals surface area (Å²) in [6, 6.07) is 13.6. The van der Waals surface area contributed by atoms with Crippen molar-refractivity contribution in [1.82, 2.24) is 0 Å². The van der Waals surface area contributed by atoms with Crippen LogP contribution in [0.25, 0.3) is 0 Å². The lowest BCUT2D eigenvalue weighted by Gasteiger charge is -2.29. The summed E-state index contributed by atoms with van der Waals surface area (Å²) in [7, 11) is 0. The number of ketones is 1. The van der Waals surface area contributed by atoms with Crippen molar-refractivity contribution in [2.75, 3.05) is 23.4 Å². The third-order valence-corrected chi connectivity index (χ3v) is 4.56. The number of para-hydroxylation sites is 2. The molecule has 0 fully saturated rings. The van der Waals surface area contributed by atoms with Gasteiger partial charge in [-0.05, 0) is 38.1 Å². The van der Waals surface area contributed by atoms with Gasteiger partial charge in [-0.3, -0.25) is 19.2 Å². The van der Waals surface area contributed by atoms with E-state index in [4.69, 9.17) is 9.47 Å². The van der Waals surface area contributed by atoms with Crippen LogP contribution in [0.2, 0.25) is 0 Å². The van der Waals surface area contributed by atoms with Gasteiger partial charge < -0.3 is 19.7 Å². The standard InChI is InChI=1S/C22H22N2O6/c1-14(25)16-6-5-7-17(12-16)23-22(28)15(2)30-21(27)10-11-24-18-8-3-4-9-19(18)29-13-20(24)26/h3-9,12,15H,10-11,13H2,1-2H3,(H,23,28)/t15-/m1/s1. The van der Waals surface area contributed by atoms with Crippen LogP contribution in [0.1, 0.15) is 30.6 Å². The third-order valence-electron chi connectivity index (χ3n) is 4.56. The number of ether oxygens (including phenoxy) is 2. The van der Waals surface area contributed by atoms with Gasteiger partial charge in [-0.25, -0.2) is 0 Å². The van der Waals surface area contributed by atoms with Gasteiger partial charge in [0.05, 0.1) is 12.1 Å². The largest absolute Gasteiger partial charge is 0.482 e. The van der Waals surface area contributed by atoms with Crippen molar-refractivity contribution in [3.8, 4) is 5.75 Å². The Bertz CT molecular complexity index is 987. The predicted octanol–water partition coefficient (Wildman–Crippen LogP) is 2.58. The smallest absolute Gasteiger partial charge is 0.308 e. The van der Waals surface area contributed by atoms with Crippen LogP contribution < -0.4 is 15.0 Å². The van der Waals surface area contributed by atoms with E-state index in [-0.39, 0.29) is 31.3 Å². The molecule has 0 unspecified atom stereocenters. The van der Waals surface area contributed by atoms with Crippen molar-refractivity contribution in [3.63, 3.8) is 0 Å². The number of benzene rings is 2. The van der Waals surface area contributed by atoms with E-state index >= 15 is 0 Å². The van der Waals surface area contributed by atoms with Crippen LogP contribution in [0.3, 0.4) is 0 Å². The molecule has 1 aliphatic heterocycles. The molecule has 30 heavy (non-hydrogen) atoms. The molecule has 0 spiro atoms. The fourth-order valence-corrected chi connectivity index (χ4v) is 2.97. The molecule has 0 bridgehead atoms. The predicted molar refractivity (Wildman–Crippen MR) is 110 cm³/mol. The van der Waals surface area contributed by atoms with Crippen LogP contribution >= 0.6 is 0 Å². The van der Waals surface area contributed by atoms with Gasteiger partial charge in [-0.1, -0.05) is 24.3 Å². The Morgan fingerprint density at radius 1 is 1.17 bits per heavy atom. The lowest BCUT2D eigenvalue weighted by molar-refractivity contribution is -0.153. The molecular weight excluding hydrogens is 388 g/mol. The number of amides is 2. The first-order valence-electron chi connectivity index (χ1n) is 9.48. The van der Waals surface area contributed by atoms with Gasteiger partial charge in [-0.15, -0.1) is 0 Å². The molecule has 0 saturated carbocycles. The first kappa shape index (κ1) is 21.0. The van der Waals surface area contributed by atoms with E-state index in [1.807, 2.05) is 0 Å². The summed E-state index contributed by atoms with van der Waals surface area (Å²) < 4.78 is 10.6. The zero-order valence-corrected chi connectivity index (χ0v) is 16.7. The number of nitrogens with zero attached hydrogens (tertiary/aromatic N) is 1. The number of hydrogen-bond donors (Lipinski definition) is 1. The van der Waals surface area contributed by atoms with Crippen LogP contribution in [-0.4, -0.2) is 42.8 Å². The topological polar surface area (TPSA) is 102 Å².